The normalized spacial score (nSPS) is 11.1. The van der Waals surface area contributed by atoms with Crippen LogP contribution in [-0.4, -0.2) is 34.6 Å². The van der Waals surface area contributed by atoms with Crippen molar-refractivity contribution in [3.05, 3.63) is 36.2 Å². The highest BCUT2D eigenvalue weighted by molar-refractivity contribution is 5.60. The van der Waals surface area contributed by atoms with Crippen molar-refractivity contribution in [1.29, 1.82) is 0 Å². The van der Waals surface area contributed by atoms with E-state index in [9.17, 15) is 0 Å². The van der Waals surface area contributed by atoms with Gasteiger partial charge in [-0.3, -0.25) is 4.99 Å². The summed E-state index contributed by atoms with van der Waals surface area (Å²) in [5, 5.41) is 12.4. The quantitative estimate of drug-likeness (QED) is 0.788. The van der Waals surface area contributed by atoms with Crippen molar-refractivity contribution in [2.75, 3.05) is 13.2 Å². The number of hydrogen-bond donors (Lipinski definition) is 1. The molecule has 0 aliphatic heterocycles. The van der Waals surface area contributed by atoms with E-state index >= 15 is 0 Å². The third-order valence-corrected chi connectivity index (χ3v) is 2.12. The van der Waals surface area contributed by atoms with Gasteiger partial charge in [-0.1, -0.05) is 23.4 Å². The monoisotopic (exact) mass is 231 g/mol. The smallest absolute Gasteiger partial charge is 0.257 e. The predicted molar refractivity (Wildman–Crippen MR) is 63.9 cm³/mol. The Bertz CT molecular complexity index is 480. The molecule has 0 saturated heterocycles. The maximum Gasteiger partial charge on any atom is 0.257 e. The molecular formula is C12H13N3O2. The number of nitrogens with zero attached hydrogens (tertiary/aromatic N) is 3. The number of aliphatic hydroxyl groups is 1. The number of benzene rings is 1. The summed E-state index contributed by atoms with van der Waals surface area (Å²) in [7, 11) is 0. The van der Waals surface area contributed by atoms with Crippen molar-refractivity contribution in [3.63, 3.8) is 0 Å². The van der Waals surface area contributed by atoms with Gasteiger partial charge in [-0.15, -0.1) is 0 Å². The first-order valence-corrected chi connectivity index (χ1v) is 5.37. The largest absolute Gasteiger partial charge is 0.394 e. The molecule has 2 aromatic rings. The van der Waals surface area contributed by atoms with Gasteiger partial charge in [-0.25, -0.2) is 0 Å². The first-order valence-electron chi connectivity index (χ1n) is 5.37. The molecule has 0 unspecified atom stereocenters. The molecule has 0 fully saturated rings. The molecule has 0 radical (unpaired) electrons. The number of rotatable bonds is 5. The van der Waals surface area contributed by atoms with Gasteiger partial charge in [0.05, 0.1) is 13.2 Å². The molecule has 5 nitrogen and oxygen atoms in total. The van der Waals surface area contributed by atoms with Crippen molar-refractivity contribution in [2.24, 2.45) is 4.99 Å². The van der Waals surface area contributed by atoms with Crippen LogP contribution in [0.15, 0.2) is 39.8 Å². The molecule has 1 heterocycles. The van der Waals surface area contributed by atoms with E-state index in [0.29, 0.717) is 24.7 Å². The molecule has 1 aromatic carbocycles. The molecule has 0 saturated carbocycles. The molecular weight excluding hydrogens is 218 g/mol. The molecule has 5 heteroatoms. The summed E-state index contributed by atoms with van der Waals surface area (Å²) in [6, 6.07) is 9.60. The minimum absolute atomic E-state index is 0.0536. The lowest BCUT2D eigenvalue weighted by atomic mass is 10.2. The van der Waals surface area contributed by atoms with Crippen LogP contribution in [0.25, 0.3) is 11.5 Å². The van der Waals surface area contributed by atoms with Crippen molar-refractivity contribution in [3.8, 4) is 11.5 Å². The number of aliphatic hydroxyl groups excluding tert-OH is 1. The molecule has 0 spiro atoms. The molecule has 88 valence electrons. The van der Waals surface area contributed by atoms with E-state index in [1.165, 1.54) is 0 Å². The minimum atomic E-state index is 0.0536. The van der Waals surface area contributed by atoms with E-state index in [4.69, 9.17) is 9.63 Å². The van der Waals surface area contributed by atoms with Gasteiger partial charge in [0.25, 0.3) is 5.89 Å². The van der Waals surface area contributed by atoms with Gasteiger partial charge < -0.3 is 9.63 Å². The summed E-state index contributed by atoms with van der Waals surface area (Å²) in [6.07, 6.45) is 2.19. The average Bonchev–Trinajstić information content (AvgIpc) is 2.85. The summed E-state index contributed by atoms with van der Waals surface area (Å²) >= 11 is 0. The second kappa shape index (κ2) is 5.91. The zero-order valence-corrected chi connectivity index (χ0v) is 9.28. The van der Waals surface area contributed by atoms with E-state index in [-0.39, 0.29) is 6.61 Å². The molecule has 0 atom stereocenters. The van der Waals surface area contributed by atoms with Gasteiger partial charge >= 0.3 is 0 Å². The van der Waals surface area contributed by atoms with Crippen LogP contribution < -0.4 is 0 Å². The Morgan fingerprint density at radius 2 is 2.12 bits per heavy atom. The molecule has 2 rings (SSSR count). The van der Waals surface area contributed by atoms with Crippen LogP contribution in [-0.2, 0) is 6.42 Å². The maximum absolute atomic E-state index is 8.55. The lowest BCUT2D eigenvalue weighted by Crippen LogP contribution is -1.92. The summed E-state index contributed by atoms with van der Waals surface area (Å²) in [4.78, 5) is 8.22. The van der Waals surface area contributed by atoms with Crippen LogP contribution >= 0.6 is 0 Å². The van der Waals surface area contributed by atoms with Gasteiger partial charge in [0.2, 0.25) is 0 Å². The molecule has 0 amide bonds. The van der Waals surface area contributed by atoms with Gasteiger partial charge in [-0.2, -0.15) is 4.98 Å². The lowest BCUT2D eigenvalue weighted by Gasteiger charge is -1.90. The van der Waals surface area contributed by atoms with Gasteiger partial charge in [-0.05, 0) is 12.1 Å². The number of aliphatic imine (C=N–C) groups is 1. The fraction of sp³-hybridized carbons (Fsp3) is 0.250. The zero-order chi connectivity index (χ0) is 11.9. The Morgan fingerprint density at radius 3 is 2.88 bits per heavy atom. The Balaban J connectivity index is 2.01. The van der Waals surface area contributed by atoms with E-state index in [1.807, 2.05) is 30.3 Å². The fourth-order valence-corrected chi connectivity index (χ4v) is 1.33. The highest BCUT2D eigenvalue weighted by Gasteiger charge is 2.06. The topological polar surface area (TPSA) is 71.5 Å². The fourth-order valence-electron chi connectivity index (χ4n) is 1.33. The van der Waals surface area contributed by atoms with Gasteiger partial charge in [0.1, 0.15) is 0 Å². The summed E-state index contributed by atoms with van der Waals surface area (Å²) < 4.78 is 5.14. The Kier molecular flexibility index (Phi) is 3.99. The highest BCUT2D eigenvalue weighted by atomic mass is 16.5. The average molecular weight is 231 g/mol. The zero-order valence-electron chi connectivity index (χ0n) is 9.28. The molecule has 0 aliphatic carbocycles. The Hall–Kier alpha value is -2.01. The van der Waals surface area contributed by atoms with E-state index in [0.717, 1.165) is 5.56 Å². The lowest BCUT2D eigenvalue weighted by molar-refractivity contribution is 0.307. The van der Waals surface area contributed by atoms with E-state index in [1.54, 1.807) is 6.21 Å². The molecule has 1 aromatic heterocycles. The van der Waals surface area contributed by atoms with Crippen molar-refractivity contribution in [1.82, 2.24) is 10.1 Å². The van der Waals surface area contributed by atoms with E-state index < -0.39 is 0 Å². The Labute approximate surface area is 98.8 Å². The first kappa shape index (κ1) is 11.5. The highest BCUT2D eigenvalue weighted by Crippen LogP contribution is 2.15. The van der Waals surface area contributed by atoms with Crippen LogP contribution in [0.5, 0.6) is 0 Å². The van der Waals surface area contributed by atoms with Crippen LogP contribution in [0.4, 0.5) is 0 Å². The minimum Gasteiger partial charge on any atom is -0.394 e. The molecule has 0 bridgehead atoms. The number of hydrogen-bond acceptors (Lipinski definition) is 5. The molecule has 17 heavy (non-hydrogen) atoms. The molecule has 0 aliphatic rings. The van der Waals surface area contributed by atoms with Crippen LogP contribution in [0.1, 0.15) is 5.82 Å². The summed E-state index contributed by atoms with van der Waals surface area (Å²) in [5.74, 6) is 1.10. The van der Waals surface area contributed by atoms with Crippen LogP contribution in [0.3, 0.4) is 0 Å². The summed E-state index contributed by atoms with van der Waals surface area (Å²) in [6.45, 7) is 0.460. The van der Waals surface area contributed by atoms with Crippen LogP contribution in [0.2, 0.25) is 0 Å². The van der Waals surface area contributed by atoms with Crippen molar-refractivity contribution in [2.45, 2.75) is 6.42 Å². The standard InChI is InChI=1S/C12H13N3O2/c16-9-8-13-7-6-11-14-12(17-15-11)10-4-2-1-3-5-10/h1-5,7,16H,6,8-9H2/b13-7+. The Morgan fingerprint density at radius 1 is 1.29 bits per heavy atom. The number of aromatic nitrogens is 2. The third-order valence-electron chi connectivity index (χ3n) is 2.12. The van der Waals surface area contributed by atoms with Crippen molar-refractivity contribution >= 4 is 6.21 Å². The molecule has 1 N–H and O–H groups in total. The first-order chi connectivity index (χ1) is 8.40. The van der Waals surface area contributed by atoms with Gasteiger partial charge in [0.15, 0.2) is 5.82 Å². The van der Waals surface area contributed by atoms with Gasteiger partial charge in [0, 0.05) is 18.2 Å². The van der Waals surface area contributed by atoms with Crippen molar-refractivity contribution < 1.29 is 9.63 Å². The second-order valence-corrected chi connectivity index (χ2v) is 3.40. The SMILES string of the molecule is OCC/N=C/Cc1noc(-c2ccccc2)n1. The maximum atomic E-state index is 8.55. The van der Waals surface area contributed by atoms with Crippen LogP contribution in [0, 0.1) is 0 Å². The predicted octanol–water partition coefficient (Wildman–Crippen LogP) is 1.34. The summed E-state index contributed by atoms with van der Waals surface area (Å²) in [5.41, 5.74) is 0.901. The third kappa shape index (κ3) is 3.22. The van der Waals surface area contributed by atoms with E-state index in [2.05, 4.69) is 15.1 Å². The second-order valence-electron chi connectivity index (χ2n) is 3.40.